The van der Waals surface area contributed by atoms with Crippen molar-refractivity contribution in [2.75, 3.05) is 0 Å². The van der Waals surface area contributed by atoms with E-state index >= 15 is 35.1 Å². The molecule has 0 spiro atoms. The minimum absolute atomic E-state index is 0.332. The molecule has 3 nitrogen and oxygen atoms in total. The standard InChI is InChI=1S/C24BF20.C17H13NO2/c26-5-1(6(27)14(35)21(42)13(5)34)25(2-7(28)15(36)22(43)16(37)8(2)29,3-9(30)17(38)23(44)18(39)10(3)31)4-11(32)19(40)24(45)20(41)12(4)33;19-17(20)16-12-18(10-13-6-2-1-3-7-13)11-14-8-4-5-9-15(14)16/h;1-9,11-12H,10H2/q-1;/p+1. The van der Waals surface area contributed by atoms with E-state index in [4.69, 9.17) is 0 Å². The lowest BCUT2D eigenvalue weighted by atomic mass is 9.12. The van der Waals surface area contributed by atoms with Gasteiger partial charge in [0.15, 0.2) is 88.7 Å². The highest BCUT2D eigenvalue weighted by atomic mass is 19.2. The number of benzene rings is 6. The highest BCUT2D eigenvalue weighted by Crippen LogP contribution is 2.31. The highest BCUT2D eigenvalue weighted by Gasteiger charge is 2.52. The number of hydrogen-bond acceptors (Lipinski definition) is 1. The lowest BCUT2D eigenvalue weighted by molar-refractivity contribution is -0.687. The van der Waals surface area contributed by atoms with E-state index in [0.717, 1.165) is 16.3 Å². The summed E-state index contributed by atoms with van der Waals surface area (Å²) in [5.74, 6) is -72.3. The van der Waals surface area contributed by atoms with E-state index in [1.807, 2.05) is 65.4 Å². The van der Waals surface area contributed by atoms with Crippen LogP contribution in [-0.4, -0.2) is 17.2 Å². The number of carboxylic acids is 1. The van der Waals surface area contributed by atoms with Crippen LogP contribution in [0.2, 0.25) is 0 Å². The third-order valence-corrected chi connectivity index (χ3v) is 10.00. The maximum absolute atomic E-state index is 15.4. The van der Waals surface area contributed by atoms with E-state index < -0.39 is 150 Å². The Bertz CT molecular complexity index is 2730. The van der Waals surface area contributed by atoms with Gasteiger partial charge in [-0.1, -0.05) is 48.5 Å². The van der Waals surface area contributed by atoms with E-state index in [9.17, 15) is 62.6 Å². The van der Waals surface area contributed by atoms with Crippen LogP contribution < -0.4 is 26.4 Å². The first-order valence-electron chi connectivity index (χ1n) is 17.4. The van der Waals surface area contributed by atoms with E-state index in [1.54, 1.807) is 6.20 Å². The van der Waals surface area contributed by atoms with Gasteiger partial charge >= 0.3 is 5.97 Å². The average Bonchev–Trinajstić information content (AvgIpc) is 3.29. The summed E-state index contributed by atoms with van der Waals surface area (Å²) in [5, 5.41) is 11.1. The number of aromatic nitrogens is 1. The number of carboxylic acid groups (broad SMARTS) is 1. The third kappa shape index (κ3) is 7.42. The predicted molar refractivity (Wildman–Crippen MR) is 186 cm³/mol. The number of nitrogens with zero attached hydrogens (tertiary/aromatic N) is 1. The van der Waals surface area contributed by atoms with Crippen LogP contribution >= 0.6 is 0 Å². The fraction of sp³-hybridized carbons (Fsp3) is 0.0244. The lowest BCUT2D eigenvalue weighted by Gasteiger charge is -2.44. The molecule has 6 aromatic carbocycles. The fourth-order valence-electron chi connectivity index (χ4n) is 7.24. The van der Waals surface area contributed by atoms with E-state index in [0.29, 0.717) is 12.1 Å². The van der Waals surface area contributed by atoms with E-state index in [2.05, 4.69) is 0 Å². The Morgan fingerprint density at radius 1 is 0.385 bits per heavy atom. The quantitative estimate of drug-likeness (QED) is 0.0572. The van der Waals surface area contributed by atoms with Gasteiger partial charge in [-0.25, -0.2) is 92.6 Å². The molecule has 1 aromatic heterocycles. The zero-order chi connectivity index (χ0) is 48.3. The third-order valence-electron chi connectivity index (χ3n) is 10.00. The maximum atomic E-state index is 15.4. The molecule has 0 aliphatic carbocycles. The van der Waals surface area contributed by atoms with Crippen molar-refractivity contribution in [1.82, 2.24) is 0 Å². The zero-order valence-electron chi connectivity index (χ0n) is 31.0. The van der Waals surface area contributed by atoms with Gasteiger partial charge in [-0.2, -0.15) is 4.57 Å². The number of hydrogen-bond donors (Lipinski definition) is 1. The summed E-state index contributed by atoms with van der Waals surface area (Å²) in [6.07, 6.45) is -3.54. The smallest absolute Gasteiger partial charge is 0.342 e. The molecule has 0 saturated heterocycles. The first kappa shape index (κ1) is 47.3. The number of rotatable bonds is 7. The molecule has 24 heteroatoms. The molecule has 0 aliphatic heterocycles. The largest absolute Gasteiger partial charge is 0.477 e. The van der Waals surface area contributed by atoms with Crippen LogP contribution in [0.5, 0.6) is 0 Å². The number of fused-ring (bicyclic) bond motifs is 1. The number of pyridine rings is 1. The van der Waals surface area contributed by atoms with Crippen LogP contribution in [0.3, 0.4) is 0 Å². The number of aromatic carboxylic acids is 1. The summed E-state index contributed by atoms with van der Waals surface area (Å²) in [5.41, 5.74) is -12.9. The van der Waals surface area contributed by atoms with Gasteiger partial charge in [-0.15, -0.1) is 21.9 Å². The lowest BCUT2D eigenvalue weighted by Crippen LogP contribution is -2.81. The monoisotopic (exact) mass is 943 g/mol. The van der Waals surface area contributed by atoms with Gasteiger partial charge in [-0.3, -0.25) is 0 Å². The normalized spacial score (nSPS) is 11.6. The van der Waals surface area contributed by atoms with Gasteiger partial charge < -0.3 is 5.11 Å². The van der Waals surface area contributed by atoms with Crippen molar-refractivity contribution in [3.05, 3.63) is 194 Å². The summed E-state index contributed by atoms with van der Waals surface area (Å²) in [4.78, 5) is 11.4. The van der Waals surface area contributed by atoms with Gasteiger partial charge in [0.25, 0.3) is 0 Å². The van der Waals surface area contributed by atoms with Crippen molar-refractivity contribution in [2.24, 2.45) is 0 Å². The SMILES string of the molecule is Fc1c(F)c(F)c([B-](c2c(F)c(F)c(F)c(F)c2F)(c2c(F)c(F)c(F)c(F)c2F)c2c(F)c(F)c(F)c(F)c2F)c(F)c1F.O=C(O)c1c[n+](Cc2ccccc2)cc2ccccc12. The Morgan fingerprint density at radius 2 is 0.662 bits per heavy atom. The minimum Gasteiger partial charge on any atom is -0.477 e. The Labute approximate surface area is 347 Å². The molecule has 0 fully saturated rings. The van der Waals surface area contributed by atoms with E-state index in [-0.39, 0.29) is 0 Å². The predicted octanol–water partition coefficient (Wildman–Crippen LogP) is 8.72. The second-order valence-corrected chi connectivity index (χ2v) is 13.5. The fourth-order valence-corrected chi connectivity index (χ4v) is 7.24. The summed E-state index contributed by atoms with van der Waals surface area (Å²) in [7, 11) is 0. The van der Waals surface area contributed by atoms with Crippen LogP contribution in [0.4, 0.5) is 87.8 Å². The second-order valence-electron chi connectivity index (χ2n) is 13.5. The Hall–Kier alpha value is -7.14. The molecule has 0 bridgehead atoms. The molecular formula is C41H14BF20NO2. The molecule has 0 amide bonds. The zero-order valence-corrected chi connectivity index (χ0v) is 31.0. The van der Waals surface area contributed by atoms with Gasteiger partial charge in [0.1, 0.15) is 58.2 Å². The van der Waals surface area contributed by atoms with Crippen LogP contribution in [0.15, 0.2) is 67.0 Å². The maximum Gasteiger partial charge on any atom is 0.342 e. The Balaban J connectivity index is 0.000000289. The topological polar surface area (TPSA) is 41.2 Å². The van der Waals surface area contributed by atoms with E-state index in [1.165, 1.54) is 0 Å². The van der Waals surface area contributed by atoms with Crippen molar-refractivity contribution in [3.8, 4) is 0 Å². The van der Waals surface area contributed by atoms with Crippen molar-refractivity contribution < 1.29 is 102 Å². The summed E-state index contributed by atoms with van der Waals surface area (Å²) in [6.45, 7) is 0.659. The molecule has 0 aliphatic rings. The van der Waals surface area contributed by atoms with Gasteiger partial charge in [-0.05, 0) is 6.07 Å². The molecule has 65 heavy (non-hydrogen) atoms. The van der Waals surface area contributed by atoms with Crippen molar-refractivity contribution in [1.29, 1.82) is 0 Å². The van der Waals surface area contributed by atoms with Crippen LogP contribution in [0.1, 0.15) is 15.9 Å². The van der Waals surface area contributed by atoms with Gasteiger partial charge in [0.2, 0.25) is 0 Å². The summed E-state index contributed by atoms with van der Waals surface area (Å²) in [6, 6.07) is 17.5. The minimum atomic E-state index is -7.22. The molecule has 7 rings (SSSR count). The molecule has 0 unspecified atom stereocenters. The summed E-state index contributed by atoms with van der Waals surface area (Å²) >= 11 is 0. The first-order chi connectivity index (χ1) is 30.4. The number of carbonyl (C=O) groups is 1. The Kier molecular flexibility index (Phi) is 12.7. The molecule has 338 valence electrons. The molecule has 7 aromatic rings. The van der Waals surface area contributed by atoms with Crippen LogP contribution in [0, 0.1) is 116 Å². The average molecular weight is 943 g/mol. The molecule has 0 saturated carbocycles. The van der Waals surface area contributed by atoms with Gasteiger partial charge in [0, 0.05) is 16.3 Å². The second kappa shape index (κ2) is 17.4. The van der Waals surface area contributed by atoms with Crippen LogP contribution in [-0.2, 0) is 6.54 Å². The number of halogens is 20. The van der Waals surface area contributed by atoms with Crippen molar-refractivity contribution in [2.45, 2.75) is 6.54 Å². The molecule has 0 atom stereocenters. The Morgan fingerprint density at radius 3 is 0.969 bits per heavy atom. The van der Waals surface area contributed by atoms with Crippen molar-refractivity contribution >= 4 is 44.7 Å². The first-order valence-corrected chi connectivity index (χ1v) is 17.4. The molecular weight excluding hydrogens is 929 g/mol. The molecule has 0 radical (unpaired) electrons. The van der Waals surface area contributed by atoms with Crippen molar-refractivity contribution in [3.63, 3.8) is 0 Å². The van der Waals surface area contributed by atoms with Gasteiger partial charge in [0.05, 0.1) is 0 Å². The summed E-state index contributed by atoms with van der Waals surface area (Å²) < 4.78 is 296. The molecule has 1 heterocycles. The highest BCUT2D eigenvalue weighted by molar-refractivity contribution is 7.20. The molecule has 1 N–H and O–H groups in total. The van der Waals surface area contributed by atoms with Crippen LogP contribution in [0.25, 0.3) is 10.8 Å².